The second-order valence-corrected chi connectivity index (χ2v) is 6.03. The van der Waals surface area contributed by atoms with Crippen LogP contribution in [-0.2, 0) is 11.3 Å². The van der Waals surface area contributed by atoms with Crippen LogP contribution in [-0.4, -0.2) is 22.2 Å². The predicted molar refractivity (Wildman–Crippen MR) is 92.2 cm³/mol. The van der Waals surface area contributed by atoms with E-state index in [2.05, 4.69) is 10.1 Å². The summed E-state index contributed by atoms with van der Waals surface area (Å²) in [7, 11) is 0. The summed E-state index contributed by atoms with van der Waals surface area (Å²) in [6, 6.07) is 15.3. The molecule has 1 aliphatic heterocycles. The molecular weight excluding hydrogens is 318 g/mol. The van der Waals surface area contributed by atoms with Crippen molar-refractivity contribution in [3.05, 3.63) is 60.0 Å². The number of carbonyl (C=O) groups excluding carboxylic acids is 1. The summed E-state index contributed by atoms with van der Waals surface area (Å²) in [4.78, 5) is 18.6. The summed E-state index contributed by atoms with van der Waals surface area (Å²) in [5.41, 5.74) is 2.72. The van der Waals surface area contributed by atoms with Gasteiger partial charge in [0.2, 0.25) is 11.7 Å². The van der Waals surface area contributed by atoms with Gasteiger partial charge in [0.15, 0.2) is 6.10 Å². The third-order valence-corrected chi connectivity index (χ3v) is 4.11. The first-order valence-electron chi connectivity index (χ1n) is 8.08. The van der Waals surface area contributed by atoms with E-state index in [4.69, 9.17) is 9.26 Å². The Labute approximate surface area is 145 Å². The molecule has 0 spiro atoms. The molecule has 1 amide bonds. The number of aromatic nitrogens is 2. The molecule has 0 bridgehead atoms. The zero-order chi connectivity index (χ0) is 17.4. The van der Waals surface area contributed by atoms with E-state index >= 15 is 0 Å². The van der Waals surface area contributed by atoms with Gasteiger partial charge in [-0.05, 0) is 32.0 Å². The van der Waals surface area contributed by atoms with Crippen LogP contribution in [0.1, 0.15) is 18.4 Å². The monoisotopic (exact) mass is 335 g/mol. The Morgan fingerprint density at radius 2 is 2.00 bits per heavy atom. The van der Waals surface area contributed by atoms with Crippen molar-refractivity contribution in [1.29, 1.82) is 0 Å². The second kappa shape index (κ2) is 6.05. The smallest absolute Gasteiger partial charge is 0.268 e. The molecule has 25 heavy (non-hydrogen) atoms. The maximum atomic E-state index is 12.5. The van der Waals surface area contributed by atoms with Crippen LogP contribution in [0.2, 0.25) is 0 Å². The number of benzene rings is 2. The second-order valence-electron chi connectivity index (χ2n) is 6.03. The van der Waals surface area contributed by atoms with Crippen LogP contribution in [0.3, 0.4) is 0 Å². The summed E-state index contributed by atoms with van der Waals surface area (Å²) >= 11 is 0. The highest BCUT2D eigenvalue weighted by Gasteiger charge is 2.32. The highest BCUT2D eigenvalue weighted by atomic mass is 16.5. The minimum Gasteiger partial charge on any atom is -0.479 e. The van der Waals surface area contributed by atoms with Crippen molar-refractivity contribution < 1.29 is 14.1 Å². The molecule has 1 aliphatic rings. The molecule has 1 aromatic heterocycles. The van der Waals surface area contributed by atoms with Gasteiger partial charge in [-0.1, -0.05) is 41.1 Å². The number of nitrogens with zero attached hydrogens (tertiary/aromatic N) is 3. The number of aryl methyl sites for hydroxylation is 1. The van der Waals surface area contributed by atoms with Crippen molar-refractivity contribution in [2.45, 2.75) is 26.5 Å². The Morgan fingerprint density at radius 3 is 2.84 bits per heavy atom. The van der Waals surface area contributed by atoms with E-state index < -0.39 is 6.10 Å². The van der Waals surface area contributed by atoms with Crippen molar-refractivity contribution in [3.63, 3.8) is 0 Å². The zero-order valence-electron chi connectivity index (χ0n) is 14.0. The fourth-order valence-corrected chi connectivity index (χ4v) is 2.88. The van der Waals surface area contributed by atoms with Gasteiger partial charge in [0, 0.05) is 5.56 Å². The van der Waals surface area contributed by atoms with Crippen LogP contribution in [0.25, 0.3) is 11.4 Å². The summed E-state index contributed by atoms with van der Waals surface area (Å²) < 4.78 is 11.0. The van der Waals surface area contributed by atoms with Crippen molar-refractivity contribution in [3.8, 4) is 17.1 Å². The van der Waals surface area contributed by atoms with E-state index in [9.17, 15) is 4.79 Å². The van der Waals surface area contributed by atoms with Crippen LogP contribution in [0.4, 0.5) is 5.69 Å². The minimum absolute atomic E-state index is 0.131. The molecule has 3 aromatic rings. The number of para-hydroxylation sites is 2. The molecule has 0 fully saturated rings. The molecule has 0 aliphatic carbocycles. The number of amides is 1. The third kappa shape index (κ3) is 2.87. The van der Waals surface area contributed by atoms with Gasteiger partial charge in [0.05, 0.1) is 5.69 Å². The lowest BCUT2D eigenvalue weighted by Gasteiger charge is -2.31. The average molecular weight is 335 g/mol. The summed E-state index contributed by atoms with van der Waals surface area (Å²) in [6.07, 6.45) is -0.547. The molecule has 1 atom stereocenters. The van der Waals surface area contributed by atoms with Crippen molar-refractivity contribution >= 4 is 11.6 Å². The Bertz CT molecular complexity index is 935. The number of anilines is 1. The van der Waals surface area contributed by atoms with Gasteiger partial charge in [-0.25, -0.2) is 0 Å². The van der Waals surface area contributed by atoms with Gasteiger partial charge in [0.1, 0.15) is 12.3 Å². The van der Waals surface area contributed by atoms with E-state index in [1.165, 1.54) is 0 Å². The fraction of sp³-hybridized carbons (Fsp3) is 0.211. The number of carbonyl (C=O) groups is 1. The number of hydrogen-bond donors (Lipinski definition) is 0. The van der Waals surface area contributed by atoms with Crippen LogP contribution < -0.4 is 9.64 Å². The van der Waals surface area contributed by atoms with E-state index in [-0.39, 0.29) is 12.5 Å². The first-order chi connectivity index (χ1) is 12.1. The fourth-order valence-electron chi connectivity index (χ4n) is 2.88. The summed E-state index contributed by atoms with van der Waals surface area (Å²) in [6.45, 7) is 3.95. The quantitative estimate of drug-likeness (QED) is 0.734. The van der Waals surface area contributed by atoms with Gasteiger partial charge in [-0.3, -0.25) is 9.69 Å². The molecule has 2 heterocycles. The van der Waals surface area contributed by atoms with Crippen LogP contribution in [0.5, 0.6) is 5.75 Å². The minimum atomic E-state index is -0.547. The molecule has 0 N–H and O–H groups in total. The molecule has 2 aromatic carbocycles. The highest BCUT2D eigenvalue weighted by Crippen LogP contribution is 2.34. The summed E-state index contributed by atoms with van der Waals surface area (Å²) in [5, 5.41) is 4.04. The normalized spacial score (nSPS) is 16.5. The lowest BCUT2D eigenvalue weighted by atomic mass is 10.1. The van der Waals surface area contributed by atoms with Gasteiger partial charge in [-0.2, -0.15) is 4.98 Å². The van der Waals surface area contributed by atoms with E-state index in [1.807, 2.05) is 55.5 Å². The lowest BCUT2D eigenvalue weighted by molar-refractivity contribution is -0.125. The van der Waals surface area contributed by atoms with Crippen LogP contribution in [0.15, 0.2) is 53.1 Å². The highest BCUT2D eigenvalue weighted by molar-refractivity contribution is 5.99. The number of rotatable bonds is 3. The molecule has 126 valence electrons. The number of fused-ring (bicyclic) bond motifs is 1. The lowest BCUT2D eigenvalue weighted by Crippen LogP contribution is -2.44. The Morgan fingerprint density at radius 1 is 1.16 bits per heavy atom. The summed E-state index contributed by atoms with van der Waals surface area (Å²) in [5.74, 6) is 1.44. The van der Waals surface area contributed by atoms with Crippen LogP contribution >= 0.6 is 0 Å². The zero-order valence-corrected chi connectivity index (χ0v) is 14.0. The van der Waals surface area contributed by atoms with Gasteiger partial charge >= 0.3 is 0 Å². The largest absolute Gasteiger partial charge is 0.479 e. The first-order valence-corrected chi connectivity index (χ1v) is 8.08. The molecule has 0 saturated carbocycles. The maximum absolute atomic E-state index is 12.5. The SMILES string of the molecule is Cc1cccc(-c2noc(CN3C(=O)[C@H](C)Oc4ccccc43)n2)c1. The maximum Gasteiger partial charge on any atom is 0.268 e. The number of hydrogen-bond acceptors (Lipinski definition) is 5. The van der Waals surface area contributed by atoms with Crippen molar-refractivity contribution in [2.24, 2.45) is 0 Å². The topological polar surface area (TPSA) is 68.5 Å². The van der Waals surface area contributed by atoms with Crippen molar-refractivity contribution in [1.82, 2.24) is 10.1 Å². The van der Waals surface area contributed by atoms with Gasteiger partial charge < -0.3 is 9.26 Å². The number of ether oxygens (including phenoxy) is 1. The Hall–Kier alpha value is -3.15. The molecule has 6 nitrogen and oxygen atoms in total. The third-order valence-electron chi connectivity index (χ3n) is 4.11. The Balaban J connectivity index is 1.63. The van der Waals surface area contributed by atoms with Gasteiger partial charge in [-0.15, -0.1) is 0 Å². The van der Waals surface area contributed by atoms with Crippen LogP contribution in [0, 0.1) is 6.92 Å². The molecule has 6 heteroatoms. The van der Waals surface area contributed by atoms with E-state index in [1.54, 1.807) is 11.8 Å². The molecular formula is C19H17N3O3. The predicted octanol–water partition coefficient (Wildman–Crippen LogP) is 3.36. The first kappa shape index (κ1) is 15.4. The van der Waals surface area contributed by atoms with E-state index in [0.717, 1.165) is 11.1 Å². The Kier molecular flexibility index (Phi) is 3.72. The van der Waals surface area contributed by atoms with Crippen molar-refractivity contribution in [2.75, 3.05) is 4.90 Å². The standard InChI is InChI=1S/C19H17N3O3/c1-12-6-5-7-14(10-12)18-20-17(25-21-18)11-22-15-8-3-4-9-16(15)24-13(2)19(22)23/h3-10,13H,11H2,1-2H3/t13-/m0/s1. The molecule has 0 radical (unpaired) electrons. The van der Waals surface area contributed by atoms with Gasteiger partial charge in [0.25, 0.3) is 5.91 Å². The van der Waals surface area contributed by atoms with E-state index in [0.29, 0.717) is 23.2 Å². The molecule has 0 unspecified atom stereocenters. The molecule has 0 saturated heterocycles. The average Bonchev–Trinajstić information content (AvgIpc) is 3.08. The molecule has 4 rings (SSSR count).